The Morgan fingerprint density at radius 1 is 0.966 bits per heavy atom. The lowest BCUT2D eigenvalue weighted by atomic mass is 10.0. The van der Waals surface area contributed by atoms with Crippen molar-refractivity contribution in [1.29, 1.82) is 0 Å². The van der Waals surface area contributed by atoms with E-state index in [0.29, 0.717) is 6.04 Å². The van der Waals surface area contributed by atoms with Gasteiger partial charge in [-0.2, -0.15) is 13.2 Å². The molecule has 1 N–H and O–H groups in total. The molecule has 0 unspecified atom stereocenters. The normalized spacial score (nSPS) is 11.9. The molecule has 0 saturated carbocycles. The van der Waals surface area contributed by atoms with Crippen LogP contribution in [-0.2, 0) is 19.1 Å². The van der Waals surface area contributed by atoms with Crippen molar-refractivity contribution in [2.75, 3.05) is 6.54 Å². The number of rotatable bonds is 8. The molecule has 0 saturated heterocycles. The summed E-state index contributed by atoms with van der Waals surface area (Å²) in [6.07, 6.45) is 1.64. The minimum atomic E-state index is -4.30. The zero-order valence-electron chi connectivity index (χ0n) is 16.7. The highest BCUT2D eigenvalue weighted by Crippen LogP contribution is 2.31. The number of alkyl halides is 3. The van der Waals surface area contributed by atoms with Crippen LogP contribution in [0.2, 0.25) is 0 Å². The van der Waals surface area contributed by atoms with E-state index in [0.717, 1.165) is 60.4 Å². The second-order valence-corrected chi connectivity index (χ2v) is 7.46. The minimum absolute atomic E-state index is 0.430. The summed E-state index contributed by atoms with van der Waals surface area (Å²) in [4.78, 5) is 4.42. The highest BCUT2D eigenvalue weighted by molar-refractivity contribution is 5.64. The van der Waals surface area contributed by atoms with Gasteiger partial charge in [0.25, 0.3) is 0 Å². The standard InChI is InChI=1S/C23H26F3N3/c1-17(2)29-15-22(28-16-29)4-3-13-27-14-18-5-7-19(8-6-18)20-9-11-21(12-10-20)23(24,25)26/h5-12,15-17,27H,3-4,13-14H2,1-2H3. The van der Waals surface area contributed by atoms with Crippen LogP contribution in [0, 0.1) is 0 Å². The Kier molecular flexibility index (Phi) is 6.75. The number of hydrogen-bond acceptors (Lipinski definition) is 2. The maximum absolute atomic E-state index is 12.7. The van der Waals surface area contributed by atoms with Crippen molar-refractivity contribution in [3.8, 4) is 11.1 Å². The Hall–Kier alpha value is -2.60. The molecule has 3 nitrogen and oxygen atoms in total. The quantitative estimate of drug-likeness (QED) is 0.478. The Labute approximate surface area is 169 Å². The predicted octanol–water partition coefficient (Wildman–Crippen LogP) is 5.87. The average molecular weight is 401 g/mol. The van der Waals surface area contributed by atoms with Gasteiger partial charge < -0.3 is 9.88 Å². The number of nitrogens with zero attached hydrogens (tertiary/aromatic N) is 2. The Bertz CT molecular complexity index is 894. The molecule has 0 bridgehead atoms. The van der Waals surface area contributed by atoms with Gasteiger partial charge in [0.15, 0.2) is 0 Å². The minimum Gasteiger partial charge on any atom is -0.335 e. The van der Waals surface area contributed by atoms with E-state index in [1.54, 1.807) is 0 Å². The van der Waals surface area contributed by atoms with Gasteiger partial charge in [-0.05, 0) is 62.1 Å². The number of aryl methyl sites for hydroxylation is 1. The third-order valence-corrected chi connectivity index (χ3v) is 4.87. The summed E-state index contributed by atoms with van der Waals surface area (Å²) in [7, 11) is 0. The van der Waals surface area contributed by atoms with Crippen molar-refractivity contribution in [2.45, 2.75) is 45.5 Å². The molecule has 29 heavy (non-hydrogen) atoms. The highest BCUT2D eigenvalue weighted by atomic mass is 19.4. The fourth-order valence-electron chi connectivity index (χ4n) is 3.09. The fourth-order valence-corrected chi connectivity index (χ4v) is 3.09. The lowest BCUT2D eigenvalue weighted by Gasteiger charge is -2.09. The van der Waals surface area contributed by atoms with Crippen LogP contribution in [0.25, 0.3) is 11.1 Å². The molecule has 0 radical (unpaired) electrons. The highest BCUT2D eigenvalue weighted by Gasteiger charge is 2.29. The summed E-state index contributed by atoms with van der Waals surface area (Å²) in [6, 6.07) is 13.6. The largest absolute Gasteiger partial charge is 0.416 e. The molecule has 0 fully saturated rings. The second kappa shape index (κ2) is 9.27. The van der Waals surface area contributed by atoms with Gasteiger partial charge in [0.2, 0.25) is 0 Å². The monoisotopic (exact) mass is 401 g/mol. The molecule has 1 aromatic heterocycles. The summed E-state index contributed by atoms with van der Waals surface area (Å²) in [5.41, 5.74) is 3.31. The molecule has 0 aliphatic heterocycles. The van der Waals surface area contributed by atoms with Crippen molar-refractivity contribution in [1.82, 2.24) is 14.9 Å². The van der Waals surface area contributed by atoms with Crippen molar-refractivity contribution in [3.63, 3.8) is 0 Å². The summed E-state index contributed by atoms with van der Waals surface area (Å²) in [5.74, 6) is 0. The molecular formula is C23H26F3N3. The van der Waals surface area contributed by atoms with Crippen LogP contribution < -0.4 is 5.32 Å². The van der Waals surface area contributed by atoms with Crippen molar-refractivity contribution >= 4 is 0 Å². The third kappa shape index (κ3) is 5.94. The van der Waals surface area contributed by atoms with Gasteiger partial charge in [0.1, 0.15) is 0 Å². The van der Waals surface area contributed by atoms with E-state index < -0.39 is 11.7 Å². The number of nitrogens with one attached hydrogen (secondary N) is 1. The van der Waals surface area contributed by atoms with Crippen LogP contribution in [0.1, 0.15) is 43.1 Å². The molecule has 6 heteroatoms. The van der Waals surface area contributed by atoms with Gasteiger partial charge in [-0.1, -0.05) is 36.4 Å². The number of aromatic nitrogens is 2. The maximum Gasteiger partial charge on any atom is 0.416 e. The first-order valence-corrected chi connectivity index (χ1v) is 9.82. The van der Waals surface area contributed by atoms with Crippen LogP contribution in [0.15, 0.2) is 61.1 Å². The van der Waals surface area contributed by atoms with Crippen LogP contribution in [0.4, 0.5) is 13.2 Å². The van der Waals surface area contributed by atoms with Gasteiger partial charge in [-0.25, -0.2) is 4.98 Å². The smallest absolute Gasteiger partial charge is 0.335 e. The summed E-state index contributed by atoms with van der Waals surface area (Å²) in [5, 5.41) is 3.43. The summed E-state index contributed by atoms with van der Waals surface area (Å²) >= 11 is 0. The topological polar surface area (TPSA) is 29.9 Å². The maximum atomic E-state index is 12.7. The zero-order chi connectivity index (χ0) is 20.9. The van der Waals surface area contributed by atoms with Crippen molar-refractivity contribution in [3.05, 3.63) is 77.9 Å². The molecule has 154 valence electrons. The van der Waals surface area contributed by atoms with Crippen molar-refractivity contribution < 1.29 is 13.2 Å². The summed E-state index contributed by atoms with van der Waals surface area (Å²) < 4.78 is 40.1. The first kappa shape index (κ1) is 21.1. The molecule has 3 aromatic rings. The van der Waals surface area contributed by atoms with Crippen LogP contribution >= 0.6 is 0 Å². The number of hydrogen-bond donors (Lipinski definition) is 1. The van der Waals surface area contributed by atoms with Gasteiger partial charge in [0, 0.05) is 18.8 Å². The zero-order valence-corrected chi connectivity index (χ0v) is 16.7. The van der Waals surface area contributed by atoms with E-state index in [-0.39, 0.29) is 0 Å². The second-order valence-electron chi connectivity index (χ2n) is 7.46. The molecule has 2 aromatic carbocycles. The number of halogens is 3. The van der Waals surface area contributed by atoms with Gasteiger partial charge in [-0.3, -0.25) is 0 Å². The number of imidazole rings is 1. The Balaban J connectivity index is 1.44. The van der Waals surface area contributed by atoms with Gasteiger partial charge in [0.05, 0.1) is 17.6 Å². The van der Waals surface area contributed by atoms with Crippen LogP contribution in [-0.4, -0.2) is 16.1 Å². The lowest BCUT2D eigenvalue weighted by Crippen LogP contribution is -2.15. The van der Waals surface area contributed by atoms with E-state index in [2.05, 4.69) is 34.9 Å². The predicted molar refractivity (Wildman–Crippen MR) is 110 cm³/mol. The lowest BCUT2D eigenvalue weighted by molar-refractivity contribution is -0.137. The number of benzene rings is 2. The van der Waals surface area contributed by atoms with Crippen molar-refractivity contribution in [2.24, 2.45) is 0 Å². The van der Waals surface area contributed by atoms with Crippen LogP contribution in [0.5, 0.6) is 0 Å². The SMILES string of the molecule is CC(C)n1cnc(CCCNCc2ccc(-c3ccc(C(F)(F)F)cc3)cc2)c1. The van der Waals surface area contributed by atoms with Crippen LogP contribution in [0.3, 0.4) is 0 Å². The molecule has 0 atom stereocenters. The van der Waals surface area contributed by atoms with E-state index >= 15 is 0 Å². The molecular weight excluding hydrogens is 375 g/mol. The third-order valence-electron chi connectivity index (χ3n) is 4.87. The van der Waals surface area contributed by atoms with E-state index in [4.69, 9.17) is 0 Å². The molecule has 0 amide bonds. The first-order valence-electron chi connectivity index (χ1n) is 9.82. The molecule has 0 aliphatic carbocycles. The van der Waals surface area contributed by atoms with E-state index in [1.807, 2.05) is 30.6 Å². The Morgan fingerprint density at radius 3 is 2.14 bits per heavy atom. The fraction of sp³-hybridized carbons (Fsp3) is 0.348. The first-order chi connectivity index (χ1) is 13.8. The molecule has 1 heterocycles. The van der Waals surface area contributed by atoms with E-state index in [9.17, 15) is 13.2 Å². The van der Waals surface area contributed by atoms with Gasteiger partial charge in [-0.15, -0.1) is 0 Å². The molecule has 0 spiro atoms. The van der Waals surface area contributed by atoms with Gasteiger partial charge >= 0.3 is 6.18 Å². The summed E-state index contributed by atoms with van der Waals surface area (Å²) in [6.45, 7) is 5.93. The Morgan fingerprint density at radius 2 is 1.59 bits per heavy atom. The van der Waals surface area contributed by atoms with E-state index in [1.165, 1.54) is 12.1 Å². The molecule has 3 rings (SSSR count). The average Bonchev–Trinajstić information content (AvgIpc) is 3.17. The molecule has 0 aliphatic rings.